The summed E-state index contributed by atoms with van der Waals surface area (Å²) in [7, 11) is 0. The zero-order valence-electron chi connectivity index (χ0n) is 19.5. The van der Waals surface area contributed by atoms with Crippen LogP contribution in [-0.2, 0) is 14.4 Å². The highest BCUT2D eigenvalue weighted by Gasteiger charge is 2.36. The van der Waals surface area contributed by atoms with Crippen LogP contribution in [0.4, 0.5) is 20.6 Å². The van der Waals surface area contributed by atoms with Gasteiger partial charge in [0.2, 0.25) is 0 Å². The molecule has 8 nitrogen and oxygen atoms in total. The molecule has 0 atom stereocenters. The van der Waals surface area contributed by atoms with Gasteiger partial charge in [0.05, 0.1) is 11.4 Å². The Morgan fingerprint density at radius 1 is 1.00 bits per heavy atom. The monoisotopic (exact) mass is 487 g/mol. The minimum atomic E-state index is -0.830. The van der Waals surface area contributed by atoms with Crippen LogP contribution in [0.15, 0.2) is 72.3 Å². The number of anilines is 2. The lowest BCUT2D eigenvalue weighted by Gasteiger charge is -2.26. The Morgan fingerprint density at radius 2 is 1.78 bits per heavy atom. The quantitative estimate of drug-likeness (QED) is 0.402. The van der Waals surface area contributed by atoms with Gasteiger partial charge in [-0.25, -0.2) is 14.1 Å². The van der Waals surface area contributed by atoms with E-state index in [9.17, 15) is 23.6 Å². The fourth-order valence-electron chi connectivity index (χ4n) is 3.52. The van der Waals surface area contributed by atoms with Gasteiger partial charge in [-0.3, -0.25) is 19.7 Å². The number of para-hydroxylation sites is 1. The molecule has 0 bridgehead atoms. The summed E-state index contributed by atoms with van der Waals surface area (Å²) in [6.07, 6.45) is 1.34. The van der Waals surface area contributed by atoms with E-state index >= 15 is 0 Å². The number of barbiturate groups is 1. The Kier molecular flexibility index (Phi) is 6.91. The smallest absolute Gasteiger partial charge is 0.335 e. The van der Waals surface area contributed by atoms with Crippen LogP contribution >= 0.6 is 0 Å². The van der Waals surface area contributed by atoms with Crippen LogP contribution in [0.25, 0.3) is 6.08 Å². The van der Waals surface area contributed by atoms with Crippen molar-refractivity contribution in [2.24, 2.45) is 0 Å². The molecule has 182 valence electrons. The van der Waals surface area contributed by atoms with Gasteiger partial charge in [0.1, 0.15) is 17.1 Å². The number of carbonyl (C=O) groups is 4. The zero-order valence-corrected chi connectivity index (χ0v) is 19.5. The molecular weight excluding hydrogens is 465 g/mol. The predicted octanol–water partition coefficient (Wildman–Crippen LogP) is 4.13. The van der Waals surface area contributed by atoms with E-state index in [1.54, 1.807) is 42.5 Å². The van der Waals surface area contributed by atoms with Gasteiger partial charge >= 0.3 is 6.03 Å². The molecule has 0 aliphatic carbocycles. The number of ether oxygens (including phenoxy) is 1. The third kappa shape index (κ3) is 5.30. The molecule has 5 amide bonds. The summed E-state index contributed by atoms with van der Waals surface area (Å²) in [4.78, 5) is 51.0. The molecule has 9 heteroatoms. The zero-order chi connectivity index (χ0) is 25.8. The summed E-state index contributed by atoms with van der Waals surface area (Å²) < 4.78 is 19.2. The summed E-state index contributed by atoms with van der Waals surface area (Å²) in [5.74, 6) is -2.42. The van der Waals surface area contributed by atoms with E-state index < -0.39 is 29.6 Å². The molecule has 0 radical (unpaired) electrons. The molecule has 1 aliphatic heterocycles. The van der Waals surface area contributed by atoms with Crippen LogP contribution in [0.3, 0.4) is 0 Å². The fraction of sp³-hybridized carbons (Fsp3) is 0.111. The molecule has 4 rings (SSSR count). The number of imide groups is 2. The number of urea groups is 1. The van der Waals surface area contributed by atoms with E-state index in [0.717, 1.165) is 16.0 Å². The van der Waals surface area contributed by atoms with Crippen LogP contribution in [0.1, 0.15) is 16.7 Å². The Balaban J connectivity index is 1.50. The first-order chi connectivity index (χ1) is 17.2. The van der Waals surface area contributed by atoms with Crippen LogP contribution in [0, 0.1) is 19.7 Å². The van der Waals surface area contributed by atoms with Gasteiger partial charge in [-0.1, -0.05) is 30.3 Å². The summed E-state index contributed by atoms with van der Waals surface area (Å²) >= 11 is 0. The fourth-order valence-corrected chi connectivity index (χ4v) is 3.52. The van der Waals surface area contributed by atoms with Crippen LogP contribution in [0.2, 0.25) is 0 Å². The maximum atomic E-state index is 13.7. The Bertz CT molecular complexity index is 1420. The van der Waals surface area contributed by atoms with Crippen molar-refractivity contribution in [2.45, 2.75) is 13.8 Å². The highest BCUT2D eigenvalue weighted by molar-refractivity contribution is 6.39. The molecule has 0 saturated carbocycles. The second-order valence-electron chi connectivity index (χ2n) is 8.12. The predicted molar refractivity (Wildman–Crippen MR) is 132 cm³/mol. The number of aryl methyl sites for hydroxylation is 2. The number of amides is 5. The van der Waals surface area contributed by atoms with Gasteiger partial charge in [0, 0.05) is 0 Å². The molecule has 1 heterocycles. The number of hydrogen-bond acceptors (Lipinski definition) is 5. The van der Waals surface area contributed by atoms with Gasteiger partial charge in [0.15, 0.2) is 6.61 Å². The highest BCUT2D eigenvalue weighted by atomic mass is 19.1. The summed E-state index contributed by atoms with van der Waals surface area (Å²) in [5.41, 5.74) is 2.47. The Labute approximate surface area is 206 Å². The lowest BCUT2D eigenvalue weighted by Crippen LogP contribution is -2.54. The van der Waals surface area contributed by atoms with E-state index in [0.29, 0.717) is 17.0 Å². The van der Waals surface area contributed by atoms with E-state index in [1.165, 1.54) is 30.3 Å². The van der Waals surface area contributed by atoms with Crippen molar-refractivity contribution in [3.8, 4) is 5.75 Å². The highest BCUT2D eigenvalue weighted by Crippen LogP contribution is 2.25. The standard InChI is InChI=1S/C27H22FN3O5/c1-16-10-11-19(12-17(16)2)31-26(34)21(25(33)30-27(31)35)14-18-6-5-7-20(13-18)36-15-24(32)29-23-9-4-3-8-22(23)28/h3-14H,15H2,1-2H3,(H,29,32)(H,30,33,35)/b21-14-. The average molecular weight is 487 g/mol. The molecule has 36 heavy (non-hydrogen) atoms. The minimum absolute atomic E-state index is 0.0364. The summed E-state index contributed by atoms with van der Waals surface area (Å²) in [5, 5.41) is 4.61. The van der Waals surface area contributed by atoms with Crippen LogP contribution < -0.4 is 20.3 Å². The molecule has 0 unspecified atom stereocenters. The van der Waals surface area contributed by atoms with Gasteiger partial charge in [0.25, 0.3) is 17.7 Å². The molecule has 1 saturated heterocycles. The van der Waals surface area contributed by atoms with Crippen molar-refractivity contribution in [2.75, 3.05) is 16.8 Å². The van der Waals surface area contributed by atoms with Crippen molar-refractivity contribution in [3.63, 3.8) is 0 Å². The maximum Gasteiger partial charge on any atom is 0.335 e. The normalized spacial score (nSPS) is 14.6. The van der Waals surface area contributed by atoms with Gasteiger partial charge < -0.3 is 10.1 Å². The molecule has 0 aromatic heterocycles. The minimum Gasteiger partial charge on any atom is -0.484 e. The Morgan fingerprint density at radius 3 is 2.53 bits per heavy atom. The van der Waals surface area contributed by atoms with E-state index in [-0.39, 0.29) is 17.9 Å². The average Bonchev–Trinajstić information content (AvgIpc) is 2.84. The Hall–Kier alpha value is -4.79. The maximum absolute atomic E-state index is 13.7. The van der Waals surface area contributed by atoms with Crippen LogP contribution in [0.5, 0.6) is 5.75 Å². The largest absolute Gasteiger partial charge is 0.484 e. The van der Waals surface area contributed by atoms with Gasteiger partial charge in [-0.05, 0) is 73.0 Å². The molecule has 2 N–H and O–H groups in total. The van der Waals surface area contributed by atoms with E-state index in [2.05, 4.69) is 10.6 Å². The van der Waals surface area contributed by atoms with Crippen molar-refractivity contribution >= 4 is 41.2 Å². The van der Waals surface area contributed by atoms with Crippen molar-refractivity contribution in [3.05, 3.63) is 94.8 Å². The molecule has 3 aromatic rings. The topological polar surface area (TPSA) is 105 Å². The lowest BCUT2D eigenvalue weighted by molar-refractivity contribution is -0.122. The molecule has 0 spiro atoms. The van der Waals surface area contributed by atoms with Crippen molar-refractivity contribution in [1.82, 2.24) is 5.32 Å². The second kappa shape index (κ2) is 10.2. The third-order valence-electron chi connectivity index (χ3n) is 5.54. The third-order valence-corrected chi connectivity index (χ3v) is 5.54. The summed E-state index contributed by atoms with van der Waals surface area (Å²) in [6, 6.07) is 16.4. The van der Waals surface area contributed by atoms with Crippen LogP contribution in [-0.4, -0.2) is 30.4 Å². The number of benzene rings is 3. The second-order valence-corrected chi connectivity index (χ2v) is 8.12. The number of nitrogens with one attached hydrogen (secondary N) is 2. The van der Waals surface area contributed by atoms with E-state index in [4.69, 9.17) is 4.74 Å². The molecule has 1 aliphatic rings. The lowest BCUT2D eigenvalue weighted by atomic mass is 10.0. The molecule has 3 aromatic carbocycles. The van der Waals surface area contributed by atoms with Crippen molar-refractivity contribution in [1.29, 1.82) is 0 Å². The number of rotatable bonds is 6. The van der Waals surface area contributed by atoms with Gasteiger partial charge in [-0.15, -0.1) is 0 Å². The van der Waals surface area contributed by atoms with Crippen molar-refractivity contribution < 1.29 is 28.3 Å². The number of hydrogen-bond donors (Lipinski definition) is 2. The SMILES string of the molecule is Cc1ccc(N2C(=O)NC(=O)/C(=C/c3cccc(OCC(=O)Nc4ccccc4F)c3)C2=O)cc1C. The molecular formula is C27H22FN3O5. The summed E-state index contributed by atoms with van der Waals surface area (Å²) in [6.45, 7) is 3.38. The number of carbonyl (C=O) groups excluding carboxylic acids is 4. The number of halogens is 1. The number of nitrogens with zero attached hydrogens (tertiary/aromatic N) is 1. The first kappa shape index (κ1) is 24.3. The van der Waals surface area contributed by atoms with E-state index in [1.807, 2.05) is 13.8 Å². The first-order valence-electron chi connectivity index (χ1n) is 11.0. The first-order valence-corrected chi connectivity index (χ1v) is 11.0. The molecule has 1 fully saturated rings. The van der Waals surface area contributed by atoms with Gasteiger partial charge in [-0.2, -0.15) is 0 Å².